The molecule has 194 valence electrons. The van der Waals surface area contributed by atoms with Gasteiger partial charge < -0.3 is 10.6 Å². The van der Waals surface area contributed by atoms with Crippen LogP contribution in [0, 0.1) is 5.82 Å². The lowest BCUT2D eigenvalue weighted by Gasteiger charge is -2.33. The van der Waals surface area contributed by atoms with Crippen LogP contribution >= 0.6 is 0 Å². The third-order valence-corrected chi connectivity index (χ3v) is 6.60. The van der Waals surface area contributed by atoms with Crippen LogP contribution in [0.2, 0.25) is 0 Å². The van der Waals surface area contributed by atoms with Gasteiger partial charge in [-0.15, -0.1) is 0 Å². The summed E-state index contributed by atoms with van der Waals surface area (Å²) >= 11 is 0. The molecule has 2 N–H and O–H groups in total. The van der Waals surface area contributed by atoms with Gasteiger partial charge in [0, 0.05) is 43.7 Å². The Morgan fingerprint density at radius 3 is 2.50 bits per heavy atom. The highest BCUT2D eigenvalue weighted by atomic mass is 19.4. The Morgan fingerprint density at radius 1 is 1.19 bits per heavy atom. The lowest BCUT2D eigenvalue weighted by atomic mass is 9.96. The number of hydrogen-bond donors (Lipinski definition) is 2. The number of rotatable bonds is 6. The molecule has 3 aromatic rings. The van der Waals surface area contributed by atoms with Crippen molar-refractivity contribution in [3.8, 4) is 0 Å². The first-order chi connectivity index (χ1) is 16.9. The molecule has 1 saturated heterocycles. The topological polar surface area (TPSA) is 81.0 Å². The summed E-state index contributed by atoms with van der Waals surface area (Å²) in [5, 5.41) is 9.44. The SMILES string of the molecule is C[C@@H](CNc1nn(C)c(=O)c2cc(=O)n([C@]3(C(F)(F)F)CCNC3)cc12)c1cccc(C(F)F)c1F. The maximum atomic E-state index is 14.6. The first-order valence-electron chi connectivity index (χ1n) is 11.1. The van der Waals surface area contributed by atoms with E-state index >= 15 is 0 Å². The lowest BCUT2D eigenvalue weighted by Crippen LogP contribution is -2.53. The summed E-state index contributed by atoms with van der Waals surface area (Å²) < 4.78 is 84.6. The van der Waals surface area contributed by atoms with Crippen LogP contribution < -0.4 is 21.8 Å². The van der Waals surface area contributed by atoms with E-state index in [-0.39, 0.29) is 41.7 Å². The summed E-state index contributed by atoms with van der Waals surface area (Å²) in [6.07, 6.45) is -7.16. The van der Waals surface area contributed by atoms with E-state index in [1.807, 2.05) is 0 Å². The molecule has 0 amide bonds. The Bertz CT molecular complexity index is 1410. The molecule has 0 saturated carbocycles. The number of benzene rings is 1. The second-order valence-corrected chi connectivity index (χ2v) is 8.88. The molecule has 13 heteroatoms. The summed E-state index contributed by atoms with van der Waals surface area (Å²) in [6.45, 7) is 1.06. The van der Waals surface area contributed by atoms with Crippen molar-refractivity contribution in [3.05, 3.63) is 68.1 Å². The molecule has 0 aliphatic carbocycles. The number of halogens is 6. The van der Waals surface area contributed by atoms with Crippen molar-refractivity contribution in [1.29, 1.82) is 0 Å². The molecule has 1 fully saturated rings. The zero-order valence-electron chi connectivity index (χ0n) is 19.3. The Morgan fingerprint density at radius 2 is 1.89 bits per heavy atom. The molecule has 0 unspecified atom stereocenters. The fourth-order valence-electron chi connectivity index (χ4n) is 4.53. The first-order valence-corrected chi connectivity index (χ1v) is 11.1. The van der Waals surface area contributed by atoms with Gasteiger partial charge in [0.25, 0.3) is 17.5 Å². The Hall–Kier alpha value is -3.35. The van der Waals surface area contributed by atoms with Crippen LogP contribution in [0.1, 0.15) is 36.8 Å². The van der Waals surface area contributed by atoms with Crippen molar-refractivity contribution in [3.63, 3.8) is 0 Å². The van der Waals surface area contributed by atoms with Gasteiger partial charge in [-0.2, -0.15) is 18.3 Å². The highest BCUT2D eigenvalue weighted by Crippen LogP contribution is 2.41. The molecular formula is C23H23F6N5O2. The number of fused-ring (bicyclic) bond motifs is 1. The molecule has 36 heavy (non-hydrogen) atoms. The van der Waals surface area contributed by atoms with Crippen molar-refractivity contribution >= 4 is 16.6 Å². The van der Waals surface area contributed by atoms with Gasteiger partial charge in [0.05, 0.1) is 10.9 Å². The molecular weight excluding hydrogens is 492 g/mol. The standard InChI is InChI=1S/C23H23F6N5O2/c1-12(13-4-3-5-14(18(13)24)19(25)26)9-31-20-16-10-34(22(23(27,28)29)6-7-30-11-22)17(35)8-15(16)21(36)33(2)32-20/h3-5,8,10,12,19,30H,6-7,9,11H2,1-2H3,(H,31,32)/t12-,22+/m0/s1. The smallest absolute Gasteiger partial charge is 0.367 e. The van der Waals surface area contributed by atoms with E-state index < -0.39 is 53.1 Å². The quantitative estimate of drug-likeness (QED) is 0.490. The van der Waals surface area contributed by atoms with Gasteiger partial charge in [0.1, 0.15) is 5.82 Å². The molecule has 7 nitrogen and oxygen atoms in total. The lowest BCUT2D eigenvalue weighted by molar-refractivity contribution is -0.209. The predicted octanol–water partition coefficient (Wildman–Crippen LogP) is 3.64. The van der Waals surface area contributed by atoms with E-state index in [9.17, 15) is 35.9 Å². The minimum absolute atomic E-state index is 0.0126. The maximum Gasteiger partial charge on any atom is 0.413 e. The summed E-state index contributed by atoms with van der Waals surface area (Å²) in [6, 6.07) is 4.50. The molecule has 1 aliphatic heterocycles. The fourth-order valence-corrected chi connectivity index (χ4v) is 4.53. The molecule has 4 rings (SSSR count). The minimum Gasteiger partial charge on any atom is -0.367 e. The van der Waals surface area contributed by atoms with Crippen LogP contribution in [-0.4, -0.2) is 40.2 Å². The average molecular weight is 515 g/mol. The van der Waals surface area contributed by atoms with Crippen LogP contribution in [0.15, 0.2) is 40.1 Å². The highest BCUT2D eigenvalue weighted by molar-refractivity contribution is 5.90. The predicted molar refractivity (Wildman–Crippen MR) is 121 cm³/mol. The molecule has 0 bridgehead atoms. The Balaban J connectivity index is 1.78. The van der Waals surface area contributed by atoms with Gasteiger partial charge in [-0.1, -0.05) is 25.1 Å². The second-order valence-electron chi connectivity index (χ2n) is 8.88. The summed E-state index contributed by atoms with van der Waals surface area (Å²) in [5.41, 5.74) is -4.90. The fraction of sp³-hybridized carbons (Fsp3) is 0.435. The number of alkyl halides is 5. The van der Waals surface area contributed by atoms with Gasteiger partial charge in [0.2, 0.25) is 0 Å². The van der Waals surface area contributed by atoms with E-state index in [1.165, 1.54) is 19.2 Å². The van der Waals surface area contributed by atoms with Gasteiger partial charge in [-0.25, -0.2) is 17.9 Å². The van der Waals surface area contributed by atoms with Crippen molar-refractivity contribution in [2.75, 3.05) is 25.0 Å². The summed E-state index contributed by atoms with van der Waals surface area (Å²) in [5.74, 6) is -1.71. The number of anilines is 1. The summed E-state index contributed by atoms with van der Waals surface area (Å²) in [4.78, 5) is 25.4. The maximum absolute atomic E-state index is 14.6. The number of aryl methyl sites for hydroxylation is 1. The average Bonchev–Trinajstić information content (AvgIpc) is 3.31. The third kappa shape index (κ3) is 4.25. The number of hydrogen-bond acceptors (Lipinski definition) is 5. The normalized spacial score (nSPS) is 19.2. The van der Waals surface area contributed by atoms with E-state index in [1.54, 1.807) is 6.92 Å². The Labute approximate surface area is 200 Å². The monoisotopic (exact) mass is 515 g/mol. The minimum atomic E-state index is -4.75. The largest absolute Gasteiger partial charge is 0.413 e. The van der Waals surface area contributed by atoms with Crippen LogP contribution in [0.4, 0.5) is 32.2 Å². The zero-order valence-corrected chi connectivity index (χ0v) is 19.3. The molecule has 2 atom stereocenters. The zero-order chi connectivity index (χ0) is 26.4. The van der Waals surface area contributed by atoms with Crippen LogP contribution in [0.3, 0.4) is 0 Å². The van der Waals surface area contributed by atoms with E-state index in [0.29, 0.717) is 4.57 Å². The van der Waals surface area contributed by atoms with Gasteiger partial charge in [0.15, 0.2) is 11.4 Å². The molecule has 2 aromatic heterocycles. The molecule has 1 aromatic carbocycles. The molecule has 0 radical (unpaired) electrons. The number of pyridine rings is 1. The van der Waals surface area contributed by atoms with Crippen LogP contribution in [-0.2, 0) is 12.6 Å². The van der Waals surface area contributed by atoms with Crippen LogP contribution in [0.5, 0.6) is 0 Å². The van der Waals surface area contributed by atoms with Crippen molar-refractivity contribution in [2.24, 2.45) is 7.05 Å². The van der Waals surface area contributed by atoms with E-state index in [0.717, 1.165) is 23.0 Å². The summed E-state index contributed by atoms with van der Waals surface area (Å²) in [7, 11) is 1.31. The third-order valence-electron chi connectivity index (χ3n) is 6.60. The van der Waals surface area contributed by atoms with Crippen LogP contribution in [0.25, 0.3) is 10.8 Å². The molecule has 3 heterocycles. The number of nitrogens with one attached hydrogen (secondary N) is 2. The van der Waals surface area contributed by atoms with Gasteiger partial charge in [-0.05, 0) is 18.5 Å². The van der Waals surface area contributed by atoms with E-state index in [4.69, 9.17) is 0 Å². The highest BCUT2D eigenvalue weighted by Gasteiger charge is 2.58. The van der Waals surface area contributed by atoms with Crippen molar-refractivity contribution in [1.82, 2.24) is 19.7 Å². The Kier molecular flexibility index (Phi) is 6.62. The molecule has 1 aliphatic rings. The number of aromatic nitrogens is 3. The van der Waals surface area contributed by atoms with E-state index in [2.05, 4.69) is 15.7 Å². The molecule has 0 spiro atoms. The second kappa shape index (κ2) is 9.26. The van der Waals surface area contributed by atoms with Gasteiger partial charge >= 0.3 is 6.18 Å². The van der Waals surface area contributed by atoms with Gasteiger partial charge in [-0.3, -0.25) is 14.2 Å². The van der Waals surface area contributed by atoms with Crippen molar-refractivity contribution < 1.29 is 26.3 Å². The van der Waals surface area contributed by atoms with Crippen molar-refractivity contribution in [2.45, 2.75) is 37.4 Å². The first kappa shape index (κ1) is 25.7. The number of nitrogens with zero attached hydrogens (tertiary/aromatic N) is 3.